The van der Waals surface area contributed by atoms with E-state index in [9.17, 15) is 4.79 Å². The SMILES string of the molecule is Cc1noc(C)c1Sc1ncn(C(=O)N(C)C)n1. The lowest BCUT2D eigenvalue weighted by Crippen LogP contribution is -2.27. The highest BCUT2D eigenvalue weighted by atomic mass is 32.2. The number of carbonyl (C=O) groups excluding carboxylic acids is 1. The summed E-state index contributed by atoms with van der Waals surface area (Å²) in [5.41, 5.74) is 0.785. The van der Waals surface area contributed by atoms with E-state index in [0.717, 1.165) is 10.6 Å². The van der Waals surface area contributed by atoms with Crippen molar-refractivity contribution in [1.82, 2.24) is 24.8 Å². The quantitative estimate of drug-likeness (QED) is 0.821. The fourth-order valence-electron chi connectivity index (χ4n) is 1.30. The third-order valence-corrected chi connectivity index (χ3v) is 3.37. The molecule has 7 nitrogen and oxygen atoms in total. The Hall–Kier alpha value is -1.83. The summed E-state index contributed by atoms with van der Waals surface area (Å²) in [7, 11) is 3.32. The minimum absolute atomic E-state index is 0.242. The molecule has 0 aliphatic rings. The van der Waals surface area contributed by atoms with Crippen molar-refractivity contribution < 1.29 is 9.32 Å². The molecular formula is C10H13N5O2S. The van der Waals surface area contributed by atoms with Gasteiger partial charge in [-0.15, -0.1) is 5.10 Å². The molecule has 2 aromatic rings. The maximum atomic E-state index is 11.6. The van der Waals surface area contributed by atoms with E-state index in [2.05, 4.69) is 15.2 Å². The van der Waals surface area contributed by atoms with Crippen molar-refractivity contribution >= 4 is 17.8 Å². The monoisotopic (exact) mass is 267 g/mol. The van der Waals surface area contributed by atoms with Gasteiger partial charge in [0.05, 0.1) is 10.6 Å². The van der Waals surface area contributed by atoms with Crippen LogP contribution in [0.4, 0.5) is 4.79 Å². The molecular weight excluding hydrogens is 254 g/mol. The van der Waals surface area contributed by atoms with Crippen molar-refractivity contribution in [2.45, 2.75) is 23.9 Å². The molecule has 8 heteroatoms. The van der Waals surface area contributed by atoms with Crippen LogP contribution in [0.15, 0.2) is 20.9 Å². The zero-order valence-corrected chi connectivity index (χ0v) is 11.4. The van der Waals surface area contributed by atoms with E-state index in [1.165, 1.54) is 27.7 Å². The van der Waals surface area contributed by atoms with Crippen molar-refractivity contribution in [1.29, 1.82) is 0 Å². The van der Waals surface area contributed by atoms with Crippen LogP contribution >= 0.6 is 11.8 Å². The Balaban J connectivity index is 2.19. The second-order valence-corrected chi connectivity index (χ2v) is 4.88. The number of hydrogen-bond acceptors (Lipinski definition) is 6. The molecule has 0 fully saturated rings. The van der Waals surface area contributed by atoms with Crippen LogP contribution in [-0.4, -0.2) is 44.9 Å². The highest BCUT2D eigenvalue weighted by molar-refractivity contribution is 7.99. The van der Waals surface area contributed by atoms with Gasteiger partial charge in [-0.2, -0.15) is 4.68 Å². The van der Waals surface area contributed by atoms with Gasteiger partial charge in [0.15, 0.2) is 0 Å². The number of aromatic nitrogens is 4. The first kappa shape index (κ1) is 12.6. The number of amides is 1. The highest BCUT2D eigenvalue weighted by Gasteiger charge is 2.15. The molecule has 0 bridgehead atoms. The summed E-state index contributed by atoms with van der Waals surface area (Å²) in [6.07, 6.45) is 1.39. The third-order valence-electron chi connectivity index (χ3n) is 2.21. The molecule has 0 N–H and O–H groups in total. The second-order valence-electron chi connectivity index (χ2n) is 3.90. The number of rotatable bonds is 2. The molecule has 0 aliphatic carbocycles. The first-order valence-electron chi connectivity index (χ1n) is 5.23. The van der Waals surface area contributed by atoms with Gasteiger partial charge in [0.1, 0.15) is 12.1 Å². The third kappa shape index (κ3) is 2.37. The van der Waals surface area contributed by atoms with Crippen molar-refractivity contribution in [3.05, 3.63) is 17.8 Å². The Morgan fingerprint density at radius 3 is 2.72 bits per heavy atom. The molecule has 96 valence electrons. The summed E-state index contributed by atoms with van der Waals surface area (Å²) in [4.78, 5) is 18.0. The Morgan fingerprint density at radius 2 is 2.17 bits per heavy atom. The van der Waals surface area contributed by atoms with Crippen LogP contribution in [-0.2, 0) is 0 Å². The first-order chi connectivity index (χ1) is 8.49. The average molecular weight is 267 g/mol. The van der Waals surface area contributed by atoms with Gasteiger partial charge in [-0.3, -0.25) is 0 Å². The van der Waals surface area contributed by atoms with Gasteiger partial charge in [0.2, 0.25) is 5.16 Å². The molecule has 0 spiro atoms. The minimum atomic E-state index is -0.242. The largest absolute Gasteiger partial charge is 0.360 e. The Labute approximate surface area is 108 Å². The topological polar surface area (TPSA) is 77.0 Å². The summed E-state index contributed by atoms with van der Waals surface area (Å²) >= 11 is 1.33. The molecule has 0 saturated carbocycles. The standard InChI is InChI=1S/C10H13N5O2S/c1-6-8(7(2)17-13-6)18-9-11-5-15(12-9)10(16)14(3)4/h5H,1-4H3. The normalized spacial score (nSPS) is 10.7. The lowest BCUT2D eigenvalue weighted by atomic mass is 10.4. The van der Waals surface area contributed by atoms with E-state index in [-0.39, 0.29) is 6.03 Å². The molecule has 2 rings (SSSR count). The van der Waals surface area contributed by atoms with E-state index in [1.54, 1.807) is 14.1 Å². The van der Waals surface area contributed by atoms with Gasteiger partial charge in [-0.05, 0) is 25.6 Å². The van der Waals surface area contributed by atoms with Gasteiger partial charge in [-0.1, -0.05) is 5.16 Å². The van der Waals surface area contributed by atoms with Crippen LogP contribution in [0.2, 0.25) is 0 Å². The minimum Gasteiger partial charge on any atom is -0.360 e. The predicted octanol–water partition coefficient (Wildman–Crippen LogP) is 1.56. The van der Waals surface area contributed by atoms with Crippen molar-refractivity contribution in [2.24, 2.45) is 0 Å². The molecule has 0 radical (unpaired) electrons. The molecule has 2 heterocycles. The van der Waals surface area contributed by atoms with Gasteiger partial charge in [0, 0.05) is 14.1 Å². The van der Waals surface area contributed by atoms with E-state index in [4.69, 9.17) is 4.52 Å². The average Bonchev–Trinajstić information content (AvgIpc) is 2.90. The lowest BCUT2D eigenvalue weighted by Gasteiger charge is -2.07. The van der Waals surface area contributed by atoms with Gasteiger partial charge in [-0.25, -0.2) is 9.78 Å². The van der Waals surface area contributed by atoms with E-state index in [0.29, 0.717) is 10.9 Å². The number of aryl methyl sites for hydroxylation is 2. The number of carbonyl (C=O) groups is 1. The summed E-state index contributed by atoms with van der Waals surface area (Å²) in [6, 6.07) is -0.242. The summed E-state index contributed by atoms with van der Waals surface area (Å²) in [5, 5.41) is 8.43. The van der Waals surface area contributed by atoms with Crippen LogP contribution in [0.1, 0.15) is 11.5 Å². The van der Waals surface area contributed by atoms with Crippen molar-refractivity contribution in [2.75, 3.05) is 14.1 Å². The predicted molar refractivity (Wildman–Crippen MR) is 64.6 cm³/mol. The first-order valence-corrected chi connectivity index (χ1v) is 6.04. The van der Waals surface area contributed by atoms with Crippen LogP contribution in [0.3, 0.4) is 0 Å². The Kier molecular flexibility index (Phi) is 3.37. The zero-order chi connectivity index (χ0) is 13.3. The summed E-state index contributed by atoms with van der Waals surface area (Å²) in [5.74, 6) is 0.716. The van der Waals surface area contributed by atoms with E-state index >= 15 is 0 Å². The molecule has 0 aromatic carbocycles. The fraction of sp³-hybridized carbons (Fsp3) is 0.400. The fourth-order valence-corrected chi connectivity index (χ4v) is 2.08. The van der Waals surface area contributed by atoms with Crippen molar-refractivity contribution in [3.63, 3.8) is 0 Å². The maximum Gasteiger partial charge on any atom is 0.345 e. The van der Waals surface area contributed by atoms with E-state index < -0.39 is 0 Å². The number of nitrogens with zero attached hydrogens (tertiary/aromatic N) is 5. The van der Waals surface area contributed by atoms with Crippen LogP contribution in [0, 0.1) is 13.8 Å². The second kappa shape index (κ2) is 4.81. The molecule has 0 atom stereocenters. The molecule has 0 aliphatic heterocycles. The highest BCUT2D eigenvalue weighted by Crippen LogP contribution is 2.30. The smallest absolute Gasteiger partial charge is 0.345 e. The zero-order valence-electron chi connectivity index (χ0n) is 10.5. The van der Waals surface area contributed by atoms with Gasteiger partial charge >= 0.3 is 6.03 Å². The maximum absolute atomic E-state index is 11.6. The Morgan fingerprint density at radius 1 is 1.44 bits per heavy atom. The van der Waals surface area contributed by atoms with Crippen LogP contribution in [0.25, 0.3) is 0 Å². The molecule has 1 amide bonds. The summed E-state index contributed by atoms with van der Waals surface area (Å²) < 4.78 is 6.25. The van der Waals surface area contributed by atoms with E-state index in [1.807, 2.05) is 13.8 Å². The molecule has 2 aromatic heterocycles. The van der Waals surface area contributed by atoms with Crippen molar-refractivity contribution in [3.8, 4) is 0 Å². The van der Waals surface area contributed by atoms with Crippen LogP contribution in [0.5, 0.6) is 0 Å². The number of hydrogen-bond donors (Lipinski definition) is 0. The van der Waals surface area contributed by atoms with Gasteiger partial charge in [0.25, 0.3) is 0 Å². The molecule has 18 heavy (non-hydrogen) atoms. The Bertz CT molecular complexity index is 555. The summed E-state index contributed by atoms with van der Waals surface area (Å²) in [6.45, 7) is 3.67. The molecule has 0 saturated heterocycles. The van der Waals surface area contributed by atoms with Gasteiger partial charge < -0.3 is 9.42 Å². The lowest BCUT2D eigenvalue weighted by molar-refractivity contribution is 0.215. The van der Waals surface area contributed by atoms with Crippen LogP contribution < -0.4 is 0 Å². The molecule has 0 unspecified atom stereocenters.